The summed E-state index contributed by atoms with van der Waals surface area (Å²) in [7, 11) is 0. The fraction of sp³-hybridized carbons (Fsp3) is 0.500. The van der Waals surface area contributed by atoms with Gasteiger partial charge >= 0.3 is 0 Å². The van der Waals surface area contributed by atoms with Crippen molar-refractivity contribution in [3.8, 4) is 11.8 Å². The Morgan fingerprint density at radius 1 is 1.30 bits per heavy atom. The number of anilines is 1. The SMILES string of the molecule is O=C(Nc1cccc(C#CCO)n1)C1CCCCCC1. The van der Waals surface area contributed by atoms with E-state index in [1.807, 2.05) is 0 Å². The molecule has 0 aliphatic heterocycles. The van der Waals surface area contributed by atoms with Crippen molar-refractivity contribution in [3.63, 3.8) is 0 Å². The van der Waals surface area contributed by atoms with Crippen LogP contribution in [0.5, 0.6) is 0 Å². The number of nitrogens with one attached hydrogen (secondary N) is 1. The molecule has 1 aliphatic carbocycles. The highest BCUT2D eigenvalue weighted by atomic mass is 16.2. The first kappa shape index (κ1) is 14.5. The largest absolute Gasteiger partial charge is 0.384 e. The number of carbonyl (C=O) groups excluding carboxylic acids is 1. The first-order valence-electron chi connectivity index (χ1n) is 7.17. The summed E-state index contributed by atoms with van der Waals surface area (Å²) in [5.41, 5.74) is 0.553. The Hall–Kier alpha value is -1.86. The first-order chi connectivity index (χ1) is 9.79. The van der Waals surface area contributed by atoms with Crippen molar-refractivity contribution in [2.24, 2.45) is 5.92 Å². The van der Waals surface area contributed by atoms with E-state index in [4.69, 9.17) is 5.11 Å². The molecule has 1 heterocycles. The predicted molar refractivity (Wildman–Crippen MR) is 78.0 cm³/mol. The van der Waals surface area contributed by atoms with Gasteiger partial charge in [0.05, 0.1) is 0 Å². The van der Waals surface area contributed by atoms with Crippen LogP contribution in [0.2, 0.25) is 0 Å². The van der Waals surface area contributed by atoms with E-state index in [9.17, 15) is 4.79 Å². The number of aliphatic hydroxyl groups excluding tert-OH is 1. The molecule has 4 nitrogen and oxygen atoms in total. The summed E-state index contributed by atoms with van der Waals surface area (Å²) in [4.78, 5) is 16.5. The zero-order valence-electron chi connectivity index (χ0n) is 11.6. The molecule has 2 N–H and O–H groups in total. The third kappa shape index (κ3) is 4.36. The minimum absolute atomic E-state index is 0.0617. The van der Waals surface area contributed by atoms with Gasteiger partial charge in [-0.15, -0.1) is 0 Å². The molecule has 0 unspecified atom stereocenters. The van der Waals surface area contributed by atoms with Crippen LogP contribution in [0.15, 0.2) is 18.2 Å². The number of rotatable bonds is 2. The van der Waals surface area contributed by atoms with Crippen LogP contribution >= 0.6 is 0 Å². The van der Waals surface area contributed by atoms with E-state index in [1.54, 1.807) is 18.2 Å². The molecule has 2 rings (SSSR count). The lowest BCUT2D eigenvalue weighted by molar-refractivity contribution is -0.120. The summed E-state index contributed by atoms with van der Waals surface area (Å²) in [6.07, 6.45) is 6.66. The zero-order chi connectivity index (χ0) is 14.2. The average Bonchev–Trinajstić information content (AvgIpc) is 2.74. The van der Waals surface area contributed by atoms with Crippen molar-refractivity contribution in [1.29, 1.82) is 0 Å². The molecule has 20 heavy (non-hydrogen) atoms. The van der Waals surface area contributed by atoms with Crippen molar-refractivity contribution >= 4 is 11.7 Å². The molecule has 1 aromatic heterocycles. The van der Waals surface area contributed by atoms with Crippen LogP contribution in [-0.4, -0.2) is 22.6 Å². The van der Waals surface area contributed by atoms with Gasteiger partial charge in [-0.25, -0.2) is 4.98 Å². The van der Waals surface area contributed by atoms with Crippen molar-refractivity contribution in [1.82, 2.24) is 4.98 Å². The van der Waals surface area contributed by atoms with Crippen LogP contribution in [0.25, 0.3) is 0 Å². The molecule has 1 amide bonds. The molecule has 0 atom stereocenters. The third-order valence-corrected chi connectivity index (χ3v) is 3.52. The molecule has 1 aliphatic rings. The van der Waals surface area contributed by atoms with E-state index in [1.165, 1.54) is 12.8 Å². The monoisotopic (exact) mass is 272 g/mol. The smallest absolute Gasteiger partial charge is 0.228 e. The number of nitrogens with zero attached hydrogens (tertiary/aromatic N) is 1. The van der Waals surface area contributed by atoms with Gasteiger partial charge in [0.1, 0.15) is 18.1 Å². The van der Waals surface area contributed by atoms with Crippen LogP contribution in [0.3, 0.4) is 0 Å². The van der Waals surface area contributed by atoms with E-state index in [-0.39, 0.29) is 18.4 Å². The van der Waals surface area contributed by atoms with Gasteiger partial charge in [0.25, 0.3) is 0 Å². The fourth-order valence-corrected chi connectivity index (χ4v) is 2.47. The normalized spacial score (nSPS) is 15.8. The molecule has 0 saturated heterocycles. The van der Waals surface area contributed by atoms with Crippen LogP contribution < -0.4 is 5.32 Å². The molecular formula is C16H20N2O2. The van der Waals surface area contributed by atoms with Gasteiger partial charge < -0.3 is 10.4 Å². The molecule has 1 saturated carbocycles. The van der Waals surface area contributed by atoms with Crippen LogP contribution in [0.4, 0.5) is 5.82 Å². The fourth-order valence-electron chi connectivity index (χ4n) is 2.47. The first-order valence-corrected chi connectivity index (χ1v) is 7.17. The highest BCUT2D eigenvalue weighted by Gasteiger charge is 2.20. The second-order valence-corrected chi connectivity index (χ2v) is 5.05. The van der Waals surface area contributed by atoms with Crippen molar-refractivity contribution in [2.75, 3.05) is 11.9 Å². The van der Waals surface area contributed by atoms with Gasteiger partial charge in [0, 0.05) is 5.92 Å². The highest BCUT2D eigenvalue weighted by molar-refractivity contribution is 5.91. The van der Waals surface area contributed by atoms with Gasteiger partial charge in [-0.3, -0.25) is 4.79 Å². The Morgan fingerprint density at radius 2 is 2.05 bits per heavy atom. The lowest BCUT2D eigenvalue weighted by atomic mass is 9.99. The maximum Gasteiger partial charge on any atom is 0.228 e. The molecular weight excluding hydrogens is 252 g/mol. The number of hydrogen-bond donors (Lipinski definition) is 2. The quantitative estimate of drug-likeness (QED) is 0.641. The van der Waals surface area contributed by atoms with Gasteiger partial charge in [-0.2, -0.15) is 0 Å². The van der Waals surface area contributed by atoms with Gasteiger partial charge in [-0.05, 0) is 30.9 Å². The molecule has 0 radical (unpaired) electrons. The Balaban J connectivity index is 1.99. The van der Waals surface area contributed by atoms with Crippen molar-refractivity contribution < 1.29 is 9.90 Å². The van der Waals surface area contributed by atoms with Crippen LogP contribution in [0.1, 0.15) is 44.2 Å². The summed E-state index contributed by atoms with van der Waals surface area (Å²) < 4.78 is 0. The minimum Gasteiger partial charge on any atom is -0.384 e. The Kier molecular flexibility index (Phi) is 5.57. The zero-order valence-corrected chi connectivity index (χ0v) is 11.6. The molecule has 0 aromatic carbocycles. The number of pyridine rings is 1. The number of carbonyl (C=O) groups is 1. The molecule has 106 valence electrons. The summed E-state index contributed by atoms with van der Waals surface area (Å²) in [5, 5.41) is 11.5. The molecule has 4 heteroatoms. The maximum absolute atomic E-state index is 12.2. The summed E-state index contributed by atoms with van der Waals surface area (Å²) in [5.74, 6) is 5.98. The number of amides is 1. The van der Waals surface area contributed by atoms with Gasteiger partial charge in [0.15, 0.2) is 0 Å². The Labute approximate surface area is 119 Å². The van der Waals surface area contributed by atoms with E-state index < -0.39 is 0 Å². The van der Waals surface area contributed by atoms with Crippen molar-refractivity contribution in [3.05, 3.63) is 23.9 Å². The number of aliphatic hydroxyl groups is 1. The Bertz CT molecular complexity index is 509. The van der Waals surface area contributed by atoms with E-state index in [0.29, 0.717) is 11.5 Å². The van der Waals surface area contributed by atoms with Gasteiger partial charge in [0.2, 0.25) is 5.91 Å². The molecule has 0 spiro atoms. The second kappa shape index (κ2) is 7.66. The lowest BCUT2D eigenvalue weighted by Crippen LogP contribution is -2.22. The minimum atomic E-state index is -0.194. The molecule has 1 aromatic rings. The number of aromatic nitrogens is 1. The summed E-state index contributed by atoms with van der Waals surface area (Å²) in [6.45, 7) is -0.194. The summed E-state index contributed by atoms with van der Waals surface area (Å²) in [6, 6.07) is 5.32. The topological polar surface area (TPSA) is 62.2 Å². The average molecular weight is 272 g/mol. The lowest BCUT2D eigenvalue weighted by Gasteiger charge is -2.13. The van der Waals surface area contributed by atoms with Gasteiger partial charge in [-0.1, -0.05) is 37.7 Å². The Morgan fingerprint density at radius 3 is 2.75 bits per heavy atom. The highest BCUT2D eigenvalue weighted by Crippen LogP contribution is 2.23. The van der Waals surface area contributed by atoms with Crippen LogP contribution in [-0.2, 0) is 4.79 Å². The molecule has 1 fully saturated rings. The van der Waals surface area contributed by atoms with E-state index in [0.717, 1.165) is 25.7 Å². The van der Waals surface area contributed by atoms with E-state index in [2.05, 4.69) is 22.1 Å². The van der Waals surface area contributed by atoms with Crippen molar-refractivity contribution in [2.45, 2.75) is 38.5 Å². The number of hydrogen-bond acceptors (Lipinski definition) is 3. The second-order valence-electron chi connectivity index (χ2n) is 5.05. The third-order valence-electron chi connectivity index (χ3n) is 3.52. The molecule has 0 bridgehead atoms. The van der Waals surface area contributed by atoms with E-state index >= 15 is 0 Å². The standard InChI is InChI=1S/C16H20N2O2/c19-12-6-10-14-9-5-11-15(17-14)18-16(20)13-7-3-1-2-4-8-13/h5,9,11,13,19H,1-4,7-8,12H2,(H,17,18,20). The predicted octanol–water partition coefficient (Wildman–Crippen LogP) is 2.33. The van der Waals surface area contributed by atoms with Crippen LogP contribution in [0, 0.1) is 17.8 Å². The summed E-state index contributed by atoms with van der Waals surface area (Å²) >= 11 is 0. The maximum atomic E-state index is 12.2.